The summed E-state index contributed by atoms with van der Waals surface area (Å²) in [5.74, 6) is 0.830. The van der Waals surface area contributed by atoms with Crippen molar-refractivity contribution in [1.82, 2.24) is 15.2 Å². The molecule has 0 fully saturated rings. The van der Waals surface area contributed by atoms with E-state index < -0.39 is 11.7 Å². The van der Waals surface area contributed by atoms with Crippen LogP contribution in [-0.2, 0) is 6.18 Å². The first-order chi connectivity index (χ1) is 7.47. The second-order valence-corrected chi connectivity index (χ2v) is 3.32. The Morgan fingerprint density at radius 3 is 2.56 bits per heavy atom. The molecule has 0 aliphatic carbocycles. The third-order valence-electron chi connectivity index (χ3n) is 2.05. The maximum Gasteiger partial charge on any atom is 0.416 e. The fourth-order valence-electron chi connectivity index (χ4n) is 1.31. The van der Waals surface area contributed by atoms with Gasteiger partial charge in [0.25, 0.3) is 0 Å². The Kier molecular flexibility index (Phi) is 2.41. The number of alkyl halides is 3. The standard InChI is InChI=1S/C10H8F3N3/c1-6-14-9(16-15-6)7-3-2-4-8(5-7)10(11,12)13/h2-5H,1H3,(H,14,15,16). The van der Waals surface area contributed by atoms with Crippen LogP contribution in [-0.4, -0.2) is 15.2 Å². The van der Waals surface area contributed by atoms with E-state index in [1.807, 2.05) is 0 Å². The molecule has 16 heavy (non-hydrogen) atoms. The molecule has 0 amide bonds. The van der Waals surface area contributed by atoms with Crippen molar-refractivity contribution in [1.29, 1.82) is 0 Å². The highest BCUT2D eigenvalue weighted by Crippen LogP contribution is 2.31. The zero-order valence-electron chi connectivity index (χ0n) is 8.34. The molecule has 2 rings (SSSR count). The van der Waals surface area contributed by atoms with Crippen molar-refractivity contribution in [2.75, 3.05) is 0 Å². The maximum absolute atomic E-state index is 12.4. The van der Waals surface area contributed by atoms with Gasteiger partial charge in [-0.1, -0.05) is 12.1 Å². The van der Waals surface area contributed by atoms with Gasteiger partial charge in [-0.25, -0.2) is 4.98 Å². The number of nitrogens with zero attached hydrogens (tertiary/aromatic N) is 2. The quantitative estimate of drug-likeness (QED) is 0.813. The monoisotopic (exact) mass is 227 g/mol. The molecule has 1 aromatic heterocycles. The molecule has 84 valence electrons. The number of rotatable bonds is 1. The molecule has 3 nitrogen and oxygen atoms in total. The van der Waals surface area contributed by atoms with E-state index in [9.17, 15) is 13.2 Å². The van der Waals surface area contributed by atoms with E-state index in [0.29, 0.717) is 11.4 Å². The summed E-state index contributed by atoms with van der Waals surface area (Å²) in [5.41, 5.74) is -0.355. The molecule has 0 unspecified atom stereocenters. The molecule has 0 radical (unpaired) electrons. The number of benzene rings is 1. The average molecular weight is 227 g/mol. The first-order valence-corrected chi connectivity index (χ1v) is 4.53. The minimum Gasteiger partial charge on any atom is -0.263 e. The lowest BCUT2D eigenvalue weighted by molar-refractivity contribution is -0.137. The molecule has 1 N–H and O–H groups in total. The van der Waals surface area contributed by atoms with Gasteiger partial charge in [-0.2, -0.15) is 18.3 Å². The smallest absolute Gasteiger partial charge is 0.263 e. The summed E-state index contributed by atoms with van der Waals surface area (Å²) in [6.45, 7) is 1.68. The van der Waals surface area contributed by atoms with Gasteiger partial charge in [0.05, 0.1) is 5.56 Å². The number of nitrogens with one attached hydrogen (secondary N) is 1. The van der Waals surface area contributed by atoms with Crippen LogP contribution in [0.2, 0.25) is 0 Å². The summed E-state index contributed by atoms with van der Waals surface area (Å²) in [6, 6.07) is 4.92. The largest absolute Gasteiger partial charge is 0.416 e. The van der Waals surface area contributed by atoms with E-state index in [2.05, 4.69) is 15.2 Å². The van der Waals surface area contributed by atoms with Gasteiger partial charge in [0, 0.05) is 5.56 Å². The Balaban J connectivity index is 2.44. The lowest BCUT2D eigenvalue weighted by Gasteiger charge is -2.06. The van der Waals surface area contributed by atoms with Gasteiger partial charge in [0.2, 0.25) is 0 Å². The second-order valence-electron chi connectivity index (χ2n) is 3.32. The van der Waals surface area contributed by atoms with Crippen LogP contribution >= 0.6 is 0 Å². The predicted octanol–water partition coefficient (Wildman–Crippen LogP) is 2.80. The highest BCUT2D eigenvalue weighted by molar-refractivity contribution is 5.55. The van der Waals surface area contributed by atoms with Crippen molar-refractivity contribution >= 4 is 0 Å². The minimum atomic E-state index is -4.35. The Morgan fingerprint density at radius 2 is 2.00 bits per heavy atom. The Labute approximate surface area is 89.3 Å². The molecule has 6 heteroatoms. The van der Waals surface area contributed by atoms with Crippen LogP contribution < -0.4 is 0 Å². The van der Waals surface area contributed by atoms with Gasteiger partial charge in [-0.15, -0.1) is 0 Å². The molecule has 0 atom stereocenters. The SMILES string of the molecule is Cc1nc(-c2cccc(C(F)(F)F)c2)n[nH]1. The van der Waals surface area contributed by atoms with Gasteiger partial charge in [-0.3, -0.25) is 5.10 Å². The van der Waals surface area contributed by atoms with Crippen LogP contribution in [0.5, 0.6) is 0 Å². The van der Waals surface area contributed by atoms with Crippen LogP contribution in [0, 0.1) is 6.92 Å². The summed E-state index contributed by atoms with van der Waals surface area (Å²) in [6.07, 6.45) is -4.35. The summed E-state index contributed by atoms with van der Waals surface area (Å²) < 4.78 is 37.3. The molecule has 0 bridgehead atoms. The molecule has 0 aliphatic rings. The predicted molar refractivity (Wildman–Crippen MR) is 51.6 cm³/mol. The van der Waals surface area contributed by atoms with E-state index in [1.165, 1.54) is 12.1 Å². The molecule has 1 heterocycles. The van der Waals surface area contributed by atoms with Crippen LogP contribution in [0.1, 0.15) is 11.4 Å². The summed E-state index contributed by atoms with van der Waals surface area (Å²) in [4.78, 5) is 3.97. The number of aromatic amines is 1. The lowest BCUT2D eigenvalue weighted by atomic mass is 10.1. The number of H-pyrrole nitrogens is 1. The van der Waals surface area contributed by atoms with Crippen LogP contribution in [0.3, 0.4) is 0 Å². The highest BCUT2D eigenvalue weighted by atomic mass is 19.4. The fourth-order valence-corrected chi connectivity index (χ4v) is 1.31. The molecule has 1 aromatic carbocycles. The molecule has 0 spiro atoms. The third kappa shape index (κ3) is 2.05. The second kappa shape index (κ2) is 3.62. The molecular weight excluding hydrogens is 219 g/mol. The van der Waals surface area contributed by atoms with Crippen molar-refractivity contribution < 1.29 is 13.2 Å². The van der Waals surface area contributed by atoms with Gasteiger partial charge in [0.1, 0.15) is 5.82 Å². The average Bonchev–Trinajstić information content (AvgIpc) is 2.64. The van der Waals surface area contributed by atoms with Crippen molar-refractivity contribution in [2.45, 2.75) is 13.1 Å². The summed E-state index contributed by atoms with van der Waals surface area (Å²) in [5, 5.41) is 6.39. The van der Waals surface area contributed by atoms with Crippen molar-refractivity contribution in [2.24, 2.45) is 0 Å². The van der Waals surface area contributed by atoms with Gasteiger partial charge in [-0.05, 0) is 19.1 Å². The van der Waals surface area contributed by atoms with Crippen LogP contribution in [0.25, 0.3) is 11.4 Å². The van der Waals surface area contributed by atoms with Gasteiger partial charge < -0.3 is 0 Å². The zero-order valence-corrected chi connectivity index (χ0v) is 8.34. The number of aromatic nitrogens is 3. The molecule has 0 saturated heterocycles. The van der Waals surface area contributed by atoms with Gasteiger partial charge >= 0.3 is 6.18 Å². The molecule has 0 saturated carbocycles. The Hall–Kier alpha value is -1.85. The minimum absolute atomic E-state index is 0.267. The molecular formula is C10H8F3N3. The fraction of sp³-hybridized carbons (Fsp3) is 0.200. The van der Waals surface area contributed by atoms with E-state index in [4.69, 9.17) is 0 Å². The van der Waals surface area contributed by atoms with Crippen molar-refractivity contribution in [3.05, 3.63) is 35.7 Å². The van der Waals surface area contributed by atoms with E-state index >= 15 is 0 Å². The van der Waals surface area contributed by atoms with Crippen molar-refractivity contribution in [3.8, 4) is 11.4 Å². The van der Waals surface area contributed by atoms with E-state index in [-0.39, 0.29) is 5.82 Å². The lowest BCUT2D eigenvalue weighted by Crippen LogP contribution is -2.04. The first-order valence-electron chi connectivity index (χ1n) is 4.53. The van der Waals surface area contributed by atoms with Crippen LogP contribution in [0.4, 0.5) is 13.2 Å². The zero-order chi connectivity index (χ0) is 11.8. The van der Waals surface area contributed by atoms with Crippen molar-refractivity contribution in [3.63, 3.8) is 0 Å². The number of aryl methyl sites for hydroxylation is 1. The summed E-state index contributed by atoms with van der Waals surface area (Å²) >= 11 is 0. The number of hydrogen-bond acceptors (Lipinski definition) is 2. The maximum atomic E-state index is 12.4. The van der Waals surface area contributed by atoms with E-state index in [1.54, 1.807) is 6.92 Å². The highest BCUT2D eigenvalue weighted by Gasteiger charge is 2.30. The van der Waals surface area contributed by atoms with Crippen LogP contribution in [0.15, 0.2) is 24.3 Å². The normalized spacial score (nSPS) is 11.8. The molecule has 2 aromatic rings. The first kappa shape index (κ1) is 10.7. The van der Waals surface area contributed by atoms with E-state index in [0.717, 1.165) is 12.1 Å². The topological polar surface area (TPSA) is 41.6 Å². The number of hydrogen-bond donors (Lipinski definition) is 1. The Morgan fingerprint density at radius 1 is 1.25 bits per heavy atom. The third-order valence-corrected chi connectivity index (χ3v) is 2.05. The van der Waals surface area contributed by atoms with Gasteiger partial charge in [0.15, 0.2) is 5.82 Å². The summed E-state index contributed by atoms with van der Waals surface area (Å²) in [7, 11) is 0. The Bertz CT molecular complexity index is 502. The number of halogens is 3. The molecule has 0 aliphatic heterocycles.